The lowest BCUT2D eigenvalue weighted by Gasteiger charge is -2.12. The van der Waals surface area contributed by atoms with E-state index in [-0.39, 0.29) is 10.2 Å². The number of benzene rings is 1. The molecule has 78 valence electrons. The predicted octanol–water partition coefficient (Wildman–Crippen LogP) is 3.95. The molecule has 1 aromatic rings. The minimum Gasteiger partial charge on any atom is -0.398 e. The fourth-order valence-corrected chi connectivity index (χ4v) is 1.77. The highest BCUT2D eigenvalue weighted by Gasteiger charge is 2.34. The van der Waals surface area contributed by atoms with Gasteiger partial charge in [0.05, 0.1) is 10.0 Å². The van der Waals surface area contributed by atoms with E-state index in [1.54, 1.807) is 0 Å². The average Bonchev–Trinajstić information content (AvgIpc) is 2.07. The summed E-state index contributed by atoms with van der Waals surface area (Å²) in [5.74, 6) is 0. The fourth-order valence-electron chi connectivity index (χ4n) is 0.992. The molecule has 14 heavy (non-hydrogen) atoms. The lowest BCUT2D eigenvalue weighted by atomic mass is 10.1. The Bertz CT molecular complexity index is 349. The van der Waals surface area contributed by atoms with Crippen LogP contribution in [0.15, 0.2) is 16.6 Å². The Morgan fingerprint density at radius 1 is 1.29 bits per heavy atom. The van der Waals surface area contributed by atoms with Crippen molar-refractivity contribution in [3.8, 4) is 0 Å². The van der Waals surface area contributed by atoms with Crippen LogP contribution in [0.2, 0.25) is 0 Å². The Morgan fingerprint density at radius 3 is 2.29 bits per heavy atom. The van der Waals surface area contributed by atoms with Crippen LogP contribution in [0.4, 0.5) is 18.9 Å². The first-order chi connectivity index (χ1) is 6.36. The summed E-state index contributed by atoms with van der Waals surface area (Å²) in [7, 11) is 0. The maximum atomic E-state index is 12.4. The van der Waals surface area contributed by atoms with E-state index in [9.17, 15) is 13.2 Å². The third kappa shape index (κ3) is 2.42. The maximum Gasteiger partial charge on any atom is 0.417 e. The number of rotatable bonds is 1. The van der Waals surface area contributed by atoms with Crippen molar-refractivity contribution in [2.24, 2.45) is 0 Å². The summed E-state index contributed by atoms with van der Waals surface area (Å²) < 4.78 is 37.2. The van der Waals surface area contributed by atoms with Crippen LogP contribution >= 0.6 is 31.9 Å². The van der Waals surface area contributed by atoms with E-state index in [4.69, 9.17) is 5.73 Å². The highest BCUT2D eigenvalue weighted by atomic mass is 79.9. The van der Waals surface area contributed by atoms with Gasteiger partial charge in [0.15, 0.2) is 0 Å². The Morgan fingerprint density at radius 2 is 1.86 bits per heavy atom. The largest absolute Gasteiger partial charge is 0.417 e. The van der Waals surface area contributed by atoms with Crippen LogP contribution in [0.1, 0.15) is 11.1 Å². The Hall–Kier alpha value is -0.230. The summed E-state index contributed by atoms with van der Waals surface area (Å²) in [4.78, 5) is 0. The molecule has 0 aromatic heterocycles. The number of nitrogen functional groups attached to an aromatic ring is 1. The smallest absolute Gasteiger partial charge is 0.398 e. The Kier molecular flexibility index (Phi) is 3.47. The topological polar surface area (TPSA) is 26.0 Å². The van der Waals surface area contributed by atoms with Crippen LogP contribution in [0, 0.1) is 0 Å². The second kappa shape index (κ2) is 4.10. The lowest BCUT2D eigenvalue weighted by Crippen LogP contribution is -2.08. The van der Waals surface area contributed by atoms with Crippen LogP contribution in [0.5, 0.6) is 0 Å². The third-order valence-electron chi connectivity index (χ3n) is 1.62. The van der Waals surface area contributed by atoms with Crippen molar-refractivity contribution in [3.05, 3.63) is 27.7 Å². The lowest BCUT2D eigenvalue weighted by molar-refractivity contribution is -0.138. The Balaban J connectivity index is 3.35. The van der Waals surface area contributed by atoms with Gasteiger partial charge in [-0.05, 0) is 33.6 Å². The summed E-state index contributed by atoms with van der Waals surface area (Å²) in [6.45, 7) is 0. The SMILES string of the molecule is Nc1cc(CBr)cc(C(F)(F)F)c1Br. The zero-order chi connectivity index (χ0) is 10.9. The standard InChI is InChI=1S/C8H6Br2F3N/c9-3-4-1-5(8(11,12)13)7(10)6(14)2-4/h1-2H,3,14H2. The van der Waals surface area contributed by atoms with Gasteiger partial charge in [-0.25, -0.2) is 0 Å². The van der Waals surface area contributed by atoms with Crippen molar-refractivity contribution in [1.82, 2.24) is 0 Å². The second-order valence-corrected chi connectivity index (χ2v) is 4.03. The number of hydrogen-bond acceptors (Lipinski definition) is 1. The zero-order valence-electron chi connectivity index (χ0n) is 6.83. The first-order valence-corrected chi connectivity index (χ1v) is 5.48. The molecule has 0 aliphatic carbocycles. The minimum absolute atomic E-state index is 0.0919. The van der Waals surface area contributed by atoms with E-state index in [0.29, 0.717) is 10.9 Å². The Labute approximate surface area is 95.7 Å². The zero-order valence-corrected chi connectivity index (χ0v) is 10.0. The van der Waals surface area contributed by atoms with E-state index in [1.165, 1.54) is 6.07 Å². The van der Waals surface area contributed by atoms with E-state index in [2.05, 4.69) is 31.9 Å². The van der Waals surface area contributed by atoms with Gasteiger partial charge in [0, 0.05) is 11.0 Å². The summed E-state index contributed by atoms with van der Waals surface area (Å²) in [6.07, 6.45) is -4.38. The van der Waals surface area contributed by atoms with Crippen LogP contribution in [0.3, 0.4) is 0 Å². The predicted molar refractivity (Wildman–Crippen MR) is 56.2 cm³/mol. The van der Waals surface area contributed by atoms with E-state index in [0.717, 1.165) is 6.07 Å². The van der Waals surface area contributed by atoms with Gasteiger partial charge in [-0.1, -0.05) is 15.9 Å². The quantitative estimate of drug-likeness (QED) is 0.611. The summed E-state index contributed by atoms with van der Waals surface area (Å²) >= 11 is 5.90. The van der Waals surface area contributed by atoms with Crippen molar-refractivity contribution in [3.63, 3.8) is 0 Å². The second-order valence-electron chi connectivity index (χ2n) is 2.68. The molecule has 0 saturated carbocycles. The monoisotopic (exact) mass is 331 g/mol. The van der Waals surface area contributed by atoms with Crippen LogP contribution in [0.25, 0.3) is 0 Å². The van der Waals surface area contributed by atoms with Crippen molar-refractivity contribution in [1.29, 1.82) is 0 Å². The molecule has 0 aliphatic heterocycles. The van der Waals surface area contributed by atoms with Gasteiger partial charge >= 0.3 is 6.18 Å². The van der Waals surface area contributed by atoms with Crippen LogP contribution in [-0.2, 0) is 11.5 Å². The highest BCUT2D eigenvalue weighted by Crippen LogP contribution is 2.38. The molecule has 0 fully saturated rings. The molecule has 6 heteroatoms. The van der Waals surface area contributed by atoms with Gasteiger partial charge in [0.25, 0.3) is 0 Å². The molecule has 0 unspecified atom stereocenters. The molecular formula is C8H6Br2F3N. The molecule has 1 rings (SSSR count). The van der Waals surface area contributed by atoms with Crippen molar-refractivity contribution < 1.29 is 13.2 Å². The maximum absolute atomic E-state index is 12.4. The molecule has 0 radical (unpaired) electrons. The molecule has 2 N–H and O–H groups in total. The van der Waals surface area contributed by atoms with E-state index in [1.807, 2.05) is 0 Å². The average molecular weight is 333 g/mol. The molecule has 0 atom stereocenters. The first-order valence-electron chi connectivity index (χ1n) is 3.57. The number of nitrogens with two attached hydrogens (primary N) is 1. The van der Waals surface area contributed by atoms with E-state index < -0.39 is 11.7 Å². The number of anilines is 1. The number of halogens is 5. The fraction of sp³-hybridized carbons (Fsp3) is 0.250. The number of alkyl halides is 4. The van der Waals surface area contributed by atoms with Gasteiger partial charge < -0.3 is 5.73 Å². The molecule has 1 aromatic carbocycles. The van der Waals surface area contributed by atoms with Crippen molar-refractivity contribution >= 4 is 37.5 Å². The first kappa shape index (κ1) is 11.8. The van der Waals surface area contributed by atoms with Crippen molar-refractivity contribution in [2.45, 2.75) is 11.5 Å². The summed E-state index contributed by atoms with van der Waals surface area (Å²) in [5, 5.41) is 0.341. The third-order valence-corrected chi connectivity index (χ3v) is 3.15. The van der Waals surface area contributed by atoms with Gasteiger partial charge in [-0.3, -0.25) is 0 Å². The van der Waals surface area contributed by atoms with Crippen LogP contribution in [-0.4, -0.2) is 0 Å². The summed E-state index contributed by atoms with van der Waals surface area (Å²) in [5.41, 5.74) is 5.27. The number of hydrogen-bond donors (Lipinski definition) is 1. The van der Waals surface area contributed by atoms with Gasteiger partial charge in [-0.15, -0.1) is 0 Å². The summed E-state index contributed by atoms with van der Waals surface area (Å²) in [6, 6.07) is 2.56. The normalized spacial score (nSPS) is 11.8. The van der Waals surface area contributed by atoms with Gasteiger partial charge in [0.2, 0.25) is 0 Å². The van der Waals surface area contributed by atoms with Gasteiger partial charge in [0.1, 0.15) is 0 Å². The van der Waals surface area contributed by atoms with Crippen LogP contribution < -0.4 is 5.73 Å². The van der Waals surface area contributed by atoms with Gasteiger partial charge in [-0.2, -0.15) is 13.2 Å². The molecule has 0 spiro atoms. The molecule has 0 aliphatic rings. The van der Waals surface area contributed by atoms with Crippen molar-refractivity contribution in [2.75, 3.05) is 5.73 Å². The molecular weight excluding hydrogens is 327 g/mol. The van der Waals surface area contributed by atoms with E-state index >= 15 is 0 Å². The molecule has 1 nitrogen and oxygen atoms in total. The molecule has 0 amide bonds. The minimum atomic E-state index is -4.38. The highest BCUT2D eigenvalue weighted by molar-refractivity contribution is 9.10. The molecule has 0 bridgehead atoms. The molecule has 0 saturated heterocycles. The molecule has 0 heterocycles.